The van der Waals surface area contributed by atoms with Crippen LogP contribution < -0.4 is 9.47 Å². The second kappa shape index (κ2) is 11.7. The van der Waals surface area contributed by atoms with Gasteiger partial charge in [-0.05, 0) is 24.6 Å². The van der Waals surface area contributed by atoms with Crippen molar-refractivity contribution in [2.75, 3.05) is 6.61 Å². The van der Waals surface area contributed by atoms with Crippen molar-refractivity contribution in [2.45, 2.75) is 80.9 Å². The van der Waals surface area contributed by atoms with Crippen molar-refractivity contribution in [3.05, 3.63) is 47.5 Å². The quantitative estimate of drug-likeness (QED) is 0.202. The Hall–Kier alpha value is -3.05. The zero-order valence-corrected chi connectivity index (χ0v) is 21.8. The molecule has 5 rings (SSSR count). The summed E-state index contributed by atoms with van der Waals surface area (Å²) in [5, 5.41) is 81.6. The first-order valence-electron chi connectivity index (χ1n) is 13.0. The molecule has 3 heterocycles. The van der Waals surface area contributed by atoms with E-state index in [0.29, 0.717) is 5.56 Å². The van der Waals surface area contributed by atoms with Crippen LogP contribution in [-0.2, 0) is 14.2 Å². The third-order valence-corrected chi connectivity index (χ3v) is 7.42. The van der Waals surface area contributed by atoms with Crippen LogP contribution in [-0.4, -0.2) is 115 Å². The molecule has 3 aliphatic heterocycles. The van der Waals surface area contributed by atoms with Crippen LogP contribution in [0.1, 0.15) is 35.4 Å². The molecule has 41 heavy (non-hydrogen) atoms. The monoisotopic (exact) mass is 580 g/mol. The van der Waals surface area contributed by atoms with E-state index in [2.05, 4.69) is 0 Å². The van der Waals surface area contributed by atoms with E-state index in [1.165, 1.54) is 25.1 Å². The number of ether oxygens (including phenoxy) is 5. The highest BCUT2D eigenvalue weighted by molar-refractivity contribution is 6.02. The molecule has 0 unspecified atom stereocenters. The van der Waals surface area contributed by atoms with Crippen LogP contribution in [0.3, 0.4) is 0 Å². The minimum absolute atomic E-state index is 0.0149. The van der Waals surface area contributed by atoms with Crippen molar-refractivity contribution in [3.8, 4) is 23.0 Å². The van der Waals surface area contributed by atoms with E-state index in [4.69, 9.17) is 23.7 Å². The Balaban J connectivity index is 1.41. The van der Waals surface area contributed by atoms with Crippen LogP contribution in [0.2, 0.25) is 0 Å². The van der Waals surface area contributed by atoms with Gasteiger partial charge in [0.2, 0.25) is 6.29 Å². The second-order valence-electron chi connectivity index (χ2n) is 10.2. The van der Waals surface area contributed by atoms with E-state index in [-0.39, 0.29) is 29.2 Å². The molecule has 14 nitrogen and oxygen atoms in total. The molecule has 2 fully saturated rings. The molecule has 2 aromatic carbocycles. The molecule has 3 aliphatic rings. The molecule has 0 aromatic heterocycles. The van der Waals surface area contributed by atoms with Gasteiger partial charge in [0.1, 0.15) is 71.3 Å². The van der Waals surface area contributed by atoms with Gasteiger partial charge >= 0.3 is 0 Å². The fourth-order valence-electron chi connectivity index (χ4n) is 5.07. The van der Waals surface area contributed by atoms with Gasteiger partial charge in [0.25, 0.3) is 0 Å². The lowest BCUT2D eigenvalue weighted by Crippen LogP contribution is -2.64. The predicted octanol–water partition coefficient (Wildman–Crippen LogP) is -1.17. The van der Waals surface area contributed by atoms with Crippen LogP contribution in [0, 0.1) is 0 Å². The molecule has 0 radical (unpaired) electrons. The summed E-state index contributed by atoms with van der Waals surface area (Å²) in [6.45, 7) is 0.716. The highest BCUT2D eigenvalue weighted by atomic mass is 16.8. The van der Waals surface area contributed by atoms with Crippen LogP contribution in [0.15, 0.2) is 36.4 Å². The van der Waals surface area contributed by atoms with E-state index in [1.54, 1.807) is 12.1 Å². The fourth-order valence-corrected chi connectivity index (χ4v) is 5.07. The smallest absolute Gasteiger partial charge is 0.229 e. The van der Waals surface area contributed by atoms with E-state index in [1.807, 2.05) is 0 Å². The SMILES string of the molecule is C[C@@H]1O[C@@H](O[C@H]2[C@@H](Oc3cc(O)c4c(c3)O[C@H](c3ccc(O)cc3)CC4=O)O[C@H](CO)[C@@H](O)[C@@H]2O)[C@H](O)[C@H](O)[C@H]1O. The maximum absolute atomic E-state index is 12.9. The Bertz CT molecular complexity index is 1240. The second-order valence-corrected chi connectivity index (χ2v) is 10.2. The molecule has 14 heteroatoms. The average Bonchev–Trinajstić information content (AvgIpc) is 2.94. The van der Waals surface area contributed by atoms with E-state index >= 15 is 0 Å². The molecule has 2 aromatic rings. The molecule has 0 aliphatic carbocycles. The first kappa shape index (κ1) is 29.4. The number of fused-ring (bicyclic) bond motifs is 1. The van der Waals surface area contributed by atoms with Crippen molar-refractivity contribution >= 4 is 5.78 Å². The van der Waals surface area contributed by atoms with Crippen molar-refractivity contribution in [2.24, 2.45) is 0 Å². The number of phenols is 2. The standard InChI is InChI=1S/C27H32O14/c1-10-20(32)22(34)24(36)26(37-10)41-25-23(35)21(33)18(9-28)40-27(25)38-13-6-14(30)19-15(31)8-16(39-17(19)7-13)11-2-4-12(29)5-3-11/h2-7,10,16,18,20-30,32-36H,8-9H2,1H3/t10-,16-,18+,20-,21+,22+,23-,24+,25+,26-,27-/m0/s1. The van der Waals surface area contributed by atoms with Crippen LogP contribution in [0.25, 0.3) is 0 Å². The van der Waals surface area contributed by atoms with E-state index in [9.17, 15) is 45.6 Å². The van der Waals surface area contributed by atoms with Crippen LogP contribution in [0.5, 0.6) is 23.0 Å². The number of phenolic OH excluding ortho intramolecular Hbond substituents is 2. The number of carbonyl (C=O) groups is 1. The number of hydrogen-bond donors (Lipinski definition) is 8. The minimum atomic E-state index is -1.75. The summed E-state index contributed by atoms with van der Waals surface area (Å²) in [6.07, 6.45) is -16.0. The lowest BCUT2D eigenvalue weighted by atomic mass is 9.95. The van der Waals surface area contributed by atoms with Crippen molar-refractivity contribution in [1.82, 2.24) is 0 Å². The van der Waals surface area contributed by atoms with Gasteiger partial charge in [-0.2, -0.15) is 0 Å². The Kier molecular flexibility index (Phi) is 8.39. The van der Waals surface area contributed by atoms with Gasteiger partial charge in [-0.3, -0.25) is 4.79 Å². The first-order chi connectivity index (χ1) is 19.5. The van der Waals surface area contributed by atoms with Gasteiger partial charge in [-0.15, -0.1) is 0 Å². The third kappa shape index (κ3) is 5.70. The molecular weight excluding hydrogens is 548 g/mol. The molecule has 224 valence electrons. The fraction of sp³-hybridized carbons (Fsp3) is 0.519. The lowest BCUT2D eigenvalue weighted by molar-refractivity contribution is -0.354. The molecular formula is C27H32O14. The summed E-state index contributed by atoms with van der Waals surface area (Å²) in [5.41, 5.74) is 0.529. The number of ketones is 1. The normalized spacial score (nSPS) is 37.2. The van der Waals surface area contributed by atoms with E-state index in [0.717, 1.165) is 6.07 Å². The van der Waals surface area contributed by atoms with Gasteiger partial charge in [0.05, 0.1) is 19.1 Å². The van der Waals surface area contributed by atoms with Crippen LogP contribution in [0.4, 0.5) is 0 Å². The summed E-state index contributed by atoms with van der Waals surface area (Å²) in [6, 6.07) is 8.50. The molecule has 0 saturated carbocycles. The Labute approximate surface area is 233 Å². The molecule has 0 bridgehead atoms. The highest BCUT2D eigenvalue weighted by Gasteiger charge is 2.51. The lowest BCUT2D eigenvalue weighted by Gasteiger charge is -2.45. The average molecular weight is 581 g/mol. The maximum Gasteiger partial charge on any atom is 0.229 e. The zero-order chi connectivity index (χ0) is 29.6. The van der Waals surface area contributed by atoms with Gasteiger partial charge < -0.3 is 64.5 Å². The van der Waals surface area contributed by atoms with Crippen LogP contribution >= 0.6 is 0 Å². The van der Waals surface area contributed by atoms with Gasteiger partial charge in [0.15, 0.2) is 18.2 Å². The summed E-state index contributed by atoms with van der Waals surface area (Å²) in [4.78, 5) is 12.9. The maximum atomic E-state index is 12.9. The predicted molar refractivity (Wildman–Crippen MR) is 134 cm³/mol. The number of aliphatic hydroxyl groups is 6. The molecule has 11 atom stereocenters. The summed E-state index contributed by atoms with van der Waals surface area (Å²) < 4.78 is 28.6. The molecule has 0 amide bonds. The number of aromatic hydroxyl groups is 2. The van der Waals surface area contributed by atoms with E-state index < -0.39 is 85.7 Å². The first-order valence-corrected chi connectivity index (χ1v) is 13.0. The summed E-state index contributed by atoms with van der Waals surface area (Å²) >= 11 is 0. The largest absolute Gasteiger partial charge is 0.508 e. The van der Waals surface area contributed by atoms with Gasteiger partial charge in [0, 0.05) is 12.1 Å². The highest BCUT2D eigenvalue weighted by Crippen LogP contribution is 2.43. The van der Waals surface area contributed by atoms with Gasteiger partial charge in [-0.25, -0.2) is 0 Å². The topological polar surface area (TPSA) is 225 Å². The third-order valence-electron chi connectivity index (χ3n) is 7.42. The molecule has 2 saturated heterocycles. The Morgan fingerprint density at radius 3 is 2.27 bits per heavy atom. The zero-order valence-electron chi connectivity index (χ0n) is 21.8. The van der Waals surface area contributed by atoms with Crippen molar-refractivity contribution in [3.63, 3.8) is 0 Å². The van der Waals surface area contributed by atoms with Crippen molar-refractivity contribution in [1.29, 1.82) is 0 Å². The van der Waals surface area contributed by atoms with Crippen molar-refractivity contribution < 1.29 is 69.3 Å². The molecule has 0 spiro atoms. The minimum Gasteiger partial charge on any atom is -0.508 e. The summed E-state index contributed by atoms with van der Waals surface area (Å²) in [5.74, 6) is -0.947. The number of Topliss-reactive ketones (excluding diaryl/α,β-unsaturated/α-hetero) is 1. The molecule has 8 N–H and O–H groups in total. The van der Waals surface area contributed by atoms with Gasteiger partial charge in [-0.1, -0.05) is 12.1 Å². The number of carbonyl (C=O) groups excluding carboxylic acids is 1. The number of benzene rings is 2. The number of aliphatic hydroxyl groups excluding tert-OH is 6. The summed E-state index contributed by atoms with van der Waals surface area (Å²) in [7, 11) is 0. The number of rotatable bonds is 6. The Morgan fingerprint density at radius 2 is 1.59 bits per heavy atom. The number of hydrogen-bond acceptors (Lipinski definition) is 14. The Morgan fingerprint density at radius 1 is 0.878 bits per heavy atom.